The van der Waals surface area contributed by atoms with E-state index in [1.54, 1.807) is 6.07 Å². The molecule has 1 N–H and O–H groups in total. The summed E-state index contributed by atoms with van der Waals surface area (Å²) in [5, 5.41) is 5.20. The van der Waals surface area contributed by atoms with Gasteiger partial charge in [0.15, 0.2) is 0 Å². The molecule has 0 aliphatic rings. The average Bonchev–Trinajstić information content (AvgIpc) is 2.41. The van der Waals surface area contributed by atoms with Gasteiger partial charge in [0.1, 0.15) is 5.75 Å². The molecule has 2 aromatic rings. The molecular weight excluding hydrogens is 329 g/mol. The summed E-state index contributed by atoms with van der Waals surface area (Å²) >= 11 is 18.3. The summed E-state index contributed by atoms with van der Waals surface area (Å²) < 4.78 is 5.42. The summed E-state index contributed by atoms with van der Waals surface area (Å²) in [6.07, 6.45) is 0. The van der Waals surface area contributed by atoms with Crippen LogP contribution in [0.4, 0.5) is 5.69 Å². The second kappa shape index (κ2) is 7.26. The molecule has 0 spiro atoms. The minimum atomic E-state index is 0.0313. The monoisotopic (exact) mass is 343 g/mol. The van der Waals surface area contributed by atoms with Crippen LogP contribution < -0.4 is 10.1 Å². The highest BCUT2D eigenvalue weighted by Crippen LogP contribution is 2.31. The Kier molecular flexibility index (Phi) is 5.63. The van der Waals surface area contributed by atoms with E-state index in [9.17, 15) is 0 Å². The van der Waals surface area contributed by atoms with Crippen molar-refractivity contribution in [2.45, 2.75) is 19.9 Å². The number of anilines is 1. The highest BCUT2D eigenvalue weighted by atomic mass is 35.5. The molecule has 5 heteroatoms. The van der Waals surface area contributed by atoms with E-state index in [4.69, 9.17) is 39.5 Å². The first-order valence-corrected chi connectivity index (χ1v) is 7.78. The van der Waals surface area contributed by atoms with Crippen LogP contribution in [0.3, 0.4) is 0 Å². The first kappa shape index (κ1) is 16.3. The van der Waals surface area contributed by atoms with E-state index in [1.165, 1.54) is 0 Å². The van der Waals surface area contributed by atoms with Gasteiger partial charge in [0.05, 0.1) is 11.6 Å². The van der Waals surface area contributed by atoms with Gasteiger partial charge in [0, 0.05) is 21.8 Å². The largest absolute Gasteiger partial charge is 0.492 e. The fraction of sp³-hybridized carbons (Fsp3) is 0.250. The standard InChI is InChI=1S/C16H16Cl3NO/c1-3-21-16-7-5-12(9-15(16)19)20-10(2)13-6-4-11(17)8-14(13)18/h4-10,20H,3H2,1-2H3. The smallest absolute Gasteiger partial charge is 0.138 e. The molecule has 0 aliphatic heterocycles. The van der Waals surface area contributed by atoms with Crippen LogP contribution in [0.1, 0.15) is 25.5 Å². The molecule has 0 amide bonds. The van der Waals surface area contributed by atoms with Gasteiger partial charge in [0.25, 0.3) is 0 Å². The summed E-state index contributed by atoms with van der Waals surface area (Å²) in [4.78, 5) is 0. The summed E-state index contributed by atoms with van der Waals surface area (Å²) in [6.45, 7) is 4.54. The molecular formula is C16H16Cl3NO. The SMILES string of the molecule is CCOc1ccc(NC(C)c2ccc(Cl)cc2Cl)cc1Cl. The molecule has 1 atom stereocenters. The van der Waals surface area contributed by atoms with Crippen LogP contribution in [0.25, 0.3) is 0 Å². The van der Waals surface area contributed by atoms with Crippen molar-refractivity contribution in [2.75, 3.05) is 11.9 Å². The van der Waals surface area contributed by atoms with Crippen LogP contribution in [0.15, 0.2) is 36.4 Å². The lowest BCUT2D eigenvalue weighted by atomic mass is 10.1. The third kappa shape index (κ3) is 4.19. The van der Waals surface area contributed by atoms with Crippen LogP contribution in [0, 0.1) is 0 Å². The Balaban J connectivity index is 2.15. The molecule has 0 heterocycles. The molecule has 0 aromatic heterocycles. The number of ether oxygens (including phenoxy) is 1. The maximum Gasteiger partial charge on any atom is 0.138 e. The summed E-state index contributed by atoms with van der Waals surface area (Å²) in [5.41, 5.74) is 1.88. The summed E-state index contributed by atoms with van der Waals surface area (Å²) in [5.74, 6) is 0.682. The molecule has 21 heavy (non-hydrogen) atoms. The Morgan fingerprint density at radius 3 is 2.43 bits per heavy atom. The molecule has 0 fully saturated rings. The minimum Gasteiger partial charge on any atom is -0.492 e. The lowest BCUT2D eigenvalue weighted by Gasteiger charge is -2.18. The third-order valence-corrected chi connectivity index (χ3v) is 3.90. The number of hydrogen-bond donors (Lipinski definition) is 1. The topological polar surface area (TPSA) is 21.3 Å². The number of benzene rings is 2. The van der Waals surface area contributed by atoms with E-state index >= 15 is 0 Å². The van der Waals surface area contributed by atoms with E-state index in [2.05, 4.69) is 5.32 Å². The van der Waals surface area contributed by atoms with Gasteiger partial charge in [-0.2, -0.15) is 0 Å². The number of halogens is 3. The van der Waals surface area contributed by atoms with Crippen LogP contribution in [0.2, 0.25) is 15.1 Å². The lowest BCUT2D eigenvalue weighted by Crippen LogP contribution is -2.07. The van der Waals surface area contributed by atoms with Crippen molar-refractivity contribution in [3.63, 3.8) is 0 Å². The highest BCUT2D eigenvalue weighted by molar-refractivity contribution is 6.35. The Morgan fingerprint density at radius 1 is 1.05 bits per heavy atom. The number of hydrogen-bond acceptors (Lipinski definition) is 2. The number of nitrogens with one attached hydrogen (secondary N) is 1. The molecule has 112 valence electrons. The van der Waals surface area contributed by atoms with E-state index in [0.717, 1.165) is 11.3 Å². The fourth-order valence-electron chi connectivity index (χ4n) is 2.04. The Labute approximate surface area is 140 Å². The van der Waals surface area contributed by atoms with Crippen molar-refractivity contribution in [1.29, 1.82) is 0 Å². The van der Waals surface area contributed by atoms with Crippen molar-refractivity contribution in [3.8, 4) is 5.75 Å². The van der Waals surface area contributed by atoms with Crippen molar-refractivity contribution in [2.24, 2.45) is 0 Å². The van der Waals surface area contributed by atoms with E-state index in [-0.39, 0.29) is 6.04 Å². The fourth-order valence-corrected chi connectivity index (χ4v) is 2.85. The van der Waals surface area contributed by atoms with Gasteiger partial charge in [-0.1, -0.05) is 40.9 Å². The van der Waals surface area contributed by atoms with Crippen molar-refractivity contribution in [3.05, 3.63) is 57.0 Å². The lowest BCUT2D eigenvalue weighted by molar-refractivity contribution is 0.340. The zero-order chi connectivity index (χ0) is 15.4. The van der Waals surface area contributed by atoms with Gasteiger partial charge in [-0.15, -0.1) is 0 Å². The van der Waals surface area contributed by atoms with Crippen molar-refractivity contribution in [1.82, 2.24) is 0 Å². The maximum atomic E-state index is 6.22. The van der Waals surface area contributed by atoms with Crippen LogP contribution in [-0.2, 0) is 0 Å². The molecule has 0 bridgehead atoms. The van der Waals surface area contributed by atoms with Gasteiger partial charge < -0.3 is 10.1 Å². The van der Waals surface area contributed by atoms with Gasteiger partial charge in [-0.3, -0.25) is 0 Å². The molecule has 0 saturated heterocycles. The molecule has 1 unspecified atom stereocenters. The average molecular weight is 345 g/mol. The summed E-state index contributed by atoms with van der Waals surface area (Å²) in [7, 11) is 0. The second-order valence-corrected chi connectivity index (χ2v) is 5.86. The third-order valence-electron chi connectivity index (χ3n) is 3.04. The second-order valence-electron chi connectivity index (χ2n) is 4.61. The molecule has 0 saturated carbocycles. The Hall–Kier alpha value is -1.09. The van der Waals surface area contributed by atoms with Crippen LogP contribution >= 0.6 is 34.8 Å². The molecule has 0 radical (unpaired) electrons. The van der Waals surface area contributed by atoms with Crippen molar-refractivity contribution >= 4 is 40.5 Å². The quantitative estimate of drug-likeness (QED) is 0.695. The molecule has 0 aliphatic carbocycles. The van der Waals surface area contributed by atoms with Crippen LogP contribution in [-0.4, -0.2) is 6.61 Å². The molecule has 2 nitrogen and oxygen atoms in total. The Bertz CT molecular complexity index is 631. The predicted molar refractivity (Wildman–Crippen MR) is 91.1 cm³/mol. The first-order chi connectivity index (χ1) is 10.0. The normalized spacial score (nSPS) is 12.0. The molecule has 2 rings (SSSR count). The van der Waals surface area contributed by atoms with E-state index in [1.807, 2.05) is 44.2 Å². The minimum absolute atomic E-state index is 0.0313. The number of rotatable bonds is 5. The maximum absolute atomic E-state index is 6.22. The van der Waals surface area contributed by atoms with Crippen LogP contribution in [0.5, 0.6) is 5.75 Å². The van der Waals surface area contributed by atoms with Crippen molar-refractivity contribution < 1.29 is 4.74 Å². The van der Waals surface area contributed by atoms with Gasteiger partial charge in [0.2, 0.25) is 0 Å². The van der Waals surface area contributed by atoms with Gasteiger partial charge in [-0.05, 0) is 49.7 Å². The first-order valence-electron chi connectivity index (χ1n) is 6.65. The Morgan fingerprint density at radius 2 is 1.81 bits per heavy atom. The molecule has 2 aromatic carbocycles. The van der Waals surface area contributed by atoms with Gasteiger partial charge >= 0.3 is 0 Å². The van der Waals surface area contributed by atoms with E-state index < -0.39 is 0 Å². The van der Waals surface area contributed by atoms with E-state index in [0.29, 0.717) is 27.4 Å². The zero-order valence-corrected chi connectivity index (χ0v) is 14.1. The zero-order valence-electron chi connectivity index (χ0n) is 11.8. The highest BCUT2D eigenvalue weighted by Gasteiger charge is 2.11. The van der Waals surface area contributed by atoms with Gasteiger partial charge in [-0.25, -0.2) is 0 Å². The summed E-state index contributed by atoms with van der Waals surface area (Å²) in [6, 6.07) is 11.1. The predicted octanol–water partition coefficient (Wildman–Crippen LogP) is 6.22.